The predicted molar refractivity (Wildman–Crippen MR) is 84.8 cm³/mol. The number of hydrogen-bond acceptors (Lipinski definition) is 5. The normalized spacial score (nSPS) is 10.8. The summed E-state index contributed by atoms with van der Waals surface area (Å²) in [6.45, 7) is 1.95. The van der Waals surface area contributed by atoms with Crippen LogP contribution in [-0.4, -0.2) is 16.4 Å². The minimum atomic E-state index is 0.554. The Bertz CT molecular complexity index is 680. The highest BCUT2D eigenvalue weighted by Crippen LogP contribution is 2.28. The van der Waals surface area contributed by atoms with Gasteiger partial charge in [0.2, 0.25) is 0 Å². The summed E-state index contributed by atoms with van der Waals surface area (Å²) in [5, 5.41) is 11.7. The van der Waals surface area contributed by atoms with Crippen LogP contribution in [-0.2, 0) is 0 Å². The molecule has 6 heteroatoms. The molecule has 21 heavy (non-hydrogen) atoms. The number of nitriles is 1. The fourth-order valence-electron chi connectivity index (χ4n) is 1.64. The van der Waals surface area contributed by atoms with Gasteiger partial charge in [-0.05, 0) is 49.1 Å². The molecule has 0 radical (unpaired) electrons. The highest BCUT2D eigenvalue weighted by molar-refractivity contribution is 8.13. The minimum Gasteiger partial charge on any atom is -0.455 e. The van der Waals surface area contributed by atoms with Crippen LogP contribution in [0, 0.1) is 18.4 Å². The third-order valence-electron chi connectivity index (χ3n) is 2.61. The van der Waals surface area contributed by atoms with Crippen molar-refractivity contribution < 1.29 is 4.74 Å². The fraction of sp³-hybridized carbons (Fsp3) is 0.133. The molecule has 0 saturated heterocycles. The number of thioether (sulfide) groups is 1. The van der Waals surface area contributed by atoms with Gasteiger partial charge >= 0.3 is 0 Å². The molecule has 0 amide bonds. The summed E-state index contributed by atoms with van der Waals surface area (Å²) in [5.41, 5.74) is 1.72. The van der Waals surface area contributed by atoms with Crippen molar-refractivity contribution in [3.63, 3.8) is 0 Å². The smallest absolute Gasteiger partial charge is 0.183 e. The third kappa shape index (κ3) is 4.23. The topological polar surface area (TPSA) is 70.3 Å². The highest BCUT2D eigenvalue weighted by atomic mass is 32.2. The van der Waals surface area contributed by atoms with Crippen molar-refractivity contribution in [1.29, 1.82) is 5.26 Å². The van der Waals surface area contributed by atoms with E-state index >= 15 is 0 Å². The van der Waals surface area contributed by atoms with Crippen LogP contribution in [0.1, 0.15) is 5.56 Å². The molecule has 0 aliphatic heterocycles. The summed E-state index contributed by atoms with van der Waals surface area (Å²) in [6, 6.07) is 9.27. The summed E-state index contributed by atoms with van der Waals surface area (Å²) >= 11 is 1.38. The van der Waals surface area contributed by atoms with Crippen molar-refractivity contribution in [2.24, 2.45) is 4.99 Å². The lowest BCUT2D eigenvalue weighted by Gasteiger charge is -2.09. The van der Waals surface area contributed by atoms with E-state index in [2.05, 4.69) is 15.3 Å². The van der Waals surface area contributed by atoms with Crippen molar-refractivity contribution in [2.45, 2.75) is 6.92 Å². The zero-order chi connectivity index (χ0) is 15.1. The average molecular weight is 298 g/mol. The number of nitrogens with one attached hydrogen (secondary N) is 1. The molecule has 0 aliphatic carbocycles. The second-order valence-corrected chi connectivity index (χ2v) is 4.89. The van der Waals surface area contributed by atoms with Gasteiger partial charge in [-0.2, -0.15) is 5.26 Å². The van der Waals surface area contributed by atoms with Gasteiger partial charge in [0.1, 0.15) is 11.5 Å². The number of rotatable bonds is 3. The number of nitrogens with zero attached hydrogens (tertiary/aromatic N) is 3. The van der Waals surface area contributed by atoms with Gasteiger partial charge in [0.25, 0.3) is 0 Å². The molecule has 0 fully saturated rings. The summed E-state index contributed by atoms with van der Waals surface area (Å²) in [5.74, 6) is 1.44. The Kier molecular flexibility index (Phi) is 5.18. The Morgan fingerprint density at radius 2 is 2.29 bits per heavy atom. The summed E-state index contributed by atoms with van der Waals surface area (Å²) in [6.07, 6.45) is 7.08. The lowest BCUT2D eigenvalue weighted by Crippen LogP contribution is -2.12. The maximum atomic E-state index is 8.63. The zero-order valence-electron chi connectivity index (χ0n) is 11.7. The first kappa shape index (κ1) is 14.9. The van der Waals surface area contributed by atoms with Crippen LogP contribution in [0.25, 0.3) is 0 Å². The van der Waals surface area contributed by atoms with Gasteiger partial charge in [-0.3, -0.25) is 10.3 Å². The van der Waals surface area contributed by atoms with E-state index in [4.69, 9.17) is 10.00 Å². The zero-order valence-corrected chi connectivity index (χ0v) is 12.5. The quantitative estimate of drug-likeness (QED) is 0.406. The first-order valence-electron chi connectivity index (χ1n) is 6.19. The molecule has 1 aromatic heterocycles. The maximum absolute atomic E-state index is 8.63. The third-order valence-corrected chi connectivity index (χ3v) is 3.19. The molecule has 0 atom stereocenters. The number of ether oxygens (including phenoxy) is 1. The molecular weight excluding hydrogens is 284 g/mol. The number of benzene rings is 1. The van der Waals surface area contributed by atoms with E-state index < -0.39 is 0 Å². The van der Waals surface area contributed by atoms with E-state index in [1.54, 1.807) is 12.4 Å². The van der Waals surface area contributed by atoms with E-state index in [0.29, 0.717) is 10.9 Å². The molecule has 0 aliphatic rings. The van der Waals surface area contributed by atoms with Crippen LogP contribution in [0.3, 0.4) is 0 Å². The summed E-state index contributed by atoms with van der Waals surface area (Å²) < 4.78 is 5.76. The highest BCUT2D eigenvalue weighted by Gasteiger charge is 2.04. The summed E-state index contributed by atoms with van der Waals surface area (Å²) in [7, 11) is 0. The van der Waals surface area contributed by atoms with Gasteiger partial charge in [-0.25, -0.2) is 4.99 Å². The minimum absolute atomic E-state index is 0.554. The predicted octanol–water partition coefficient (Wildman–Crippen LogP) is 3.60. The van der Waals surface area contributed by atoms with Crippen molar-refractivity contribution >= 4 is 22.6 Å². The van der Waals surface area contributed by atoms with E-state index in [-0.39, 0.29) is 0 Å². The lowest BCUT2D eigenvalue weighted by atomic mass is 10.2. The lowest BCUT2D eigenvalue weighted by molar-refractivity contribution is 0.476. The molecule has 5 nitrogen and oxygen atoms in total. The molecule has 0 unspecified atom stereocenters. The second-order valence-electron chi connectivity index (χ2n) is 4.10. The number of amidine groups is 1. The van der Waals surface area contributed by atoms with Gasteiger partial charge in [-0.15, -0.1) is 0 Å². The van der Waals surface area contributed by atoms with Gasteiger partial charge in [0, 0.05) is 6.20 Å². The van der Waals surface area contributed by atoms with Crippen molar-refractivity contribution in [3.8, 4) is 17.7 Å². The standard InChI is InChI=1S/C15H14N4OS/c1-11-8-12(19-15(21-2)18-10-16)5-6-14(11)20-13-4-3-7-17-9-13/h3-9H,1-2H3,(H,18,19). The Hall–Kier alpha value is -2.52. The molecule has 1 N–H and O–H groups in total. The molecule has 2 aromatic rings. The first-order chi connectivity index (χ1) is 10.2. The molecule has 0 saturated carbocycles. The molecule has 1 aromatic carbocycles. The Labute approximate surface area is 127 Å². The number of aliphatic imine (C=N–C) groups is 1. The molecule has 1 heterocycles. The number of aromatic nitrogens is 1. The Balaban J connectivity index is 2.20. The van der Waals surface area contributed by atoms with Gasteiger partial charge in [-0.1, -0.05) is 11.8 Å². The number of aryl methyl sites for hydroxylation is 1. The molecule has 0 bridgehead atoms. The van der Waals surface area contributed by atoms with Gasteiger partial charge < -0.3 is 4.74 Å². The first-order valence-corrected chi connectivity index (χ1v) is 7.41. The van der Waals surface area contributed by atoms with E-state index in [1.165, 1.54) is 11.8 Å². The largest absolute Gasteiger partial charge is 0.455 e. The van der Waals surface area contributed by atoms with Crippen LogP contribution in [0.5, 0.6) is 11.5 Å². The van der Waals surface area contributed by atoms with Crippen molar-refractivity contribution in [3.05, 3.63) is 48.3 Å². The van der Waals surface area contributed by atoms with E-state index in [0.717, 1.165) is 17.0 Å². The van der Waals surface area contributed by atoms with E-state index in [1.807, 2.05) is 49.7 Å². The van der Waals surface area contributed by atoms with Crippen molar-refractivity contribution in [2.75, 3.05) is 6.26 Å². The maximum Gasteiger partial charge on any atom is 0.183 e. The number of hydrogen-bond donors (Lipinski definition) is 1. The van der Waals surface area contributed by atoms with Crippen LogP contribution >= 0.6 is 11.8 Å². The van der Waals surface area contributed by atoms with Crippen LogP contribution in [0.2, 0.25) is 0 Å². The molecule has 0 spiro atoms. The fourth-order valence-corrected chi connectivity index (χ4v) is 1.99. The van der Waals surface area contributed by atoms with Crippen LogP contribution in [0.15, 0.2) is 47.7 Å². The SMILES string of the molecule is CSC(=Nc1ccc(Oc2cccnc2)c(C)c1)NC#N. The van der Waals surface area contributed by atoms with E-state index in [9.17, 15) is 0 Å². The molecule has 106 valence electrons. The number of pyridine rings is 1. The van der Waals surface area contributed by atoms with Crippen LogP contribution < -0.4 is 10.1 Å². The summed E-state index contributed by atoms with van der Waals surface area (Å²) in [4.78, 5) is 8.36. The van der Waals surface area contributed by atoms with Crippen LogP contribution in [0.4, 0.5) is 5.69 Å². The van der Waals surface area contributed by atoms with Gasteiger partial charge in [0.15, 0.2) is 11.4 Å². The molecular formula is C15H14N4OS. The second kappa shape index (κ2) is 7.31. The van der Waals surface area contributed by atoms with Gasteiger partial charge in [0.05, 0.1) is 11.9 Å². The Morgan fingerprint density at radius 1 is 1.43 bits per heavy atom. The van der Waals surface area contributed by atoms with Crippen molar-refractivity contribution in [1.82, 2.24) is 10.3 Å². The monoisotopic (exact) mass is 298 g/mol. The molecule has 2 rings (SSSR count). The average Bonchev–Trinajstić information content (AvgIpc) is 2.50. The Morgan fingerprint density at radius 3 is 2.90 bits per heavy atom.